The summed E-state index contributed by atoms with van der Waals surface area (Å²) in [6.07, 6.45) is 2.04. The summed E-state index contributed by atoms with van der Waals surface area (Å²) in [6.45, 7) is 20.3. The van der Waals surface area contributed by atoms with Crippen LogP contribution >= 0.6 is 11.8 Å². The first-order valence-electron chi connectivity index (χ1n) is 17.9. The Morgan fingerprint density at radius 3 is 2.19 bits per heavy atom. The van der Waals surface area contributed by atoms with E-state index < -0.39 is 8.32 Å². The minimum atomic E-state index is -2.07. The lowest BCUT2D eigenvalue weighted by Gasteiger charge is -2.36. The van der Waals surface area contributed by atoms with Crippen molar-refractivity contribution in [3.8, 4) is 17.2 Å². The summed E-state index contributed by atoms with van der Waals surface area (Å²) in [7, 11) is -2.07. The van der Waals surface area contributed by atoms with E-state index in [0.29, 0.717) is 18.1 Å². The highest BCUT2D eigenvalue weighted by molar-refractivity contribution is 7.98. The highest BCUT2D eigenvalue weighted by Gasteiger charge is 2.39. The molecule has 5 rings (SSSR count). The van der Waals surface area contributed by atoms with Gasteiger partial charge in [0.25, 0.3) is 5.56 Å². The maximum atomic E-state index is 13.4. The van der Waals surface area contributed by atoms with Crippen LogP contribution in [-0.4, -0.2) is 35.0 Å². The summed E-state index contributed by atoms with van der Waals surface area (Å²) in [5.41, 5.74) is 5.01. The lowest BCUT2D eigenvalue weighted by molar-refractivity contribution is 0.251. The molecule has 0 saturated carbocycles. The minimum absolute atomic E-state index is 0.0506. The van der Waals surface area contributed by atoms with E-state index in [9.17, 15) is 9.59 Å². The van der Waals surface area contributed by atoms with Crippen molar-refractivity contribution in [3.63, 3.8) is 0 Å². The third-order valence-electron chi connectivity index (χ3n) is 9.74. The lowest BCUT2D eigenvalue weighted by atomic mass is 9.92. The smallest absolute Gasteiger partial charge is 0.320 e. The number of aryl methyl sites for hydroxylation is 1. The van der Waals surface area contributed by atoms with E-state index in [2.05, 4.69) is 77.4 Å². The Bertz CT molecular complexity index is 2130. The van der Waals surface area contributed by atoms with E-state index in [1.807, 2.05) is 86.0 Å². The van der Waals surface area contributed by atoms with Crippen LogP contribution in [0.4, 0.5) is 10.6 Å². The van der Waals surface area contributed by atoms with E-state index in [4.69, 9.17) is 14.3 Å². The number of pyridine rings is 1. The zero-order valence-corrected chi connectivity index (χ0v) is 34.5. The van der Waals surface area contributed by atoms with Crippen LogP contribution in [0.25, 0.3) is 5.69 Å². The zero-order valence-electron chi connectivity index (χ0n) is 32.7. The number of aromatic nitrogens is 3. The Morgan fingerprint density at radius 2 is 1.53 bits per heavy atom. The topological polar surface area (TPSA) is 99.4 Å². The number of nitrogens with zero attached hydrogens (tertiary/aromatic N) is 3. The molecule has 2 amide bonds. The Labute approximate surface area is 319 Å². The second-order valence-corrected chi connectivity index (χ2v) is 21.4. The van der Waals surface area contributed by atoms with Gasteiger partial charge in [-0.1, -0.05) is 90.1 Å². The number of hydrogen-bond acceptors (Lipinski definition) is 6. The molecule has 0 unspecified atom stereocenters. The van der Waals surface area contributed by atoms with Crippen molar-refractivity contribution in [2.45, 2.75) is 96.6 Å². The van der Waals surface area contributed by atoms with Gasteiger partial charge in [-0.25, -0.2) is 9.48 Å². The van der Waals surface area contributed by atoms with Crippen LogP contribution in [0.5, 0.6) is 11.5 Å². The molecule has 0 saturated heterocycles. The molecule has 0 aliphatic carbocycles. The highest BCUT2D eigenvalue weighted by Crippen LogP contribution is 2.38. The molecular weight excluding hydrogens is 699 g/mol. The highest BCUT2D eigenvalue weighted by atomic mass is 32.2. The molecule has 0 bridgehead atoms. The number of benzene rings is 3. The van der Waals surface area contributed by atoms with Crippen LogP contribution in [0, 0.1) is 6.92 Å². The van der Waals surface area contributed by atoms with Crippen molar-refractivity contribution in [1.29, 1.82) is 0 Å². The third kappa shape index (κ3) is 9.82. The average Bonchev–Trinajstić information content (AvgIpc) is 3.52. The van der Waals surface area contributed by atoms with E-state index in [0.717, 1.165) is 44.4 Å². The van der Waals surface area contributed by atoms with Crippen molar-refractivity contribution < 1.29 is 14.0 Å². The number of thioether (sulfide) groups is 1. The lowest BCUT2D eigenvalue weighted by Crippen LogP contribution is -2.43. The molecule has 0 aliphatic heterocycles. The molecule has 2 N–H and O–H groups in total. The molecule has 53 heavy (non-hydrogen) atoms. The maximum Gasteiger partial charge on any atom is 0.320 e. The van der Waals surface area contributed by atoms with Crippen LogP contribution < -0.4 is 25.4 Å². The number of anilines is 1. The number of amides is 2. The summed E-state index contributed by atoms with van der Waals surface area (Å²) in [5, 5.41) is 11.0. The molecule has 11 heteroatoms. The van der Waals surface area contributed by atoms with Crippen LogP contribution in [0.1, 0.15) is 69.6 Å². The van der Waals surface area contributed by atoms with E-state index in [1.54, 1.807) is 21.0 Å². The number of carbonyl (C=O) groups is 1. The first kappa shape index (κ1) is 39.5. The van der Waals surface area contributed by atoms with Gasteiger partial charge in [-0.2, -0.15) is 5.10 Å². The number of ether oxygens (including phenoxy) is 1. The third-order valence-corrected chi connectivity index (χ3v) is 14.9. The Morgan fingerprint density at radius 1 is 0.849 bits per heavy atom. The predicted octanol–water partition coefficient (Wildman–Crippen LogP) is 9.69. The van der Waals surface area contributed by atoms with Crippen molar-refractivity contribution >= 4 is 31.9 Å². The van der Waals surface area contributed by atoms with Crippen LogP contribution in [0.15, 0.2) is 101 Å². The monoisotopic (exact) mass is 751 g/mol. The van der Waals surface area contributed by atoms with Gasteiger partial charge in [0.1, 0.15) is 23.9 Å². The molecule has 3 aromatic carbocycles. The molecular formula is C42H53N5O4SSi. The number of nitrogens with one attached hydrogen (secondary N) is 2. The number of rotatable bonds is 12. The number of hydrogen-bond donors (Lipinski definition) is 2. The predicted molar refractivity (Wildman–Crippen MR) is 219 cm³/mol. The molecule has 0 radical (unpaired) electrons. The van der Waals surface area contributed by atoms with Crippen molar-refractivity contribution in [2.24, 2.45) is 0 Å². The van der Waals surface area contributed by atoms with E-state index in [-0.39, 0.29) is 35.2 Å². The fraction of sp³-hybridized carbons (Fsp3) is 0.357. The fourth-order valence-electron chi connectivity index (χ4n) is 5.52. The Kier molecular flexibility index (Phi) is 12.0. The first-order chi connectivity index (χ1) is 24.9. The molecule has 2 heterocycles. The number of carbonyl (C=O) groups excluding carboxylic acids is 1. The Balaban J connectivity index is 1.27. The Hall–Kier alpha value is -4.74. The second kappa shape index (κ2) is 16.1. The normalized spacial score (nSPS) is 12.0. The van der Waals surface area contributed by atoms with Gasteiger partial charge in [-0.15, -0.1) is 11.8 Å². The van der Waals surface area contributed by atoms with Gasteiger partial charge in [-0.05, 0) is 72.3 Å². The van der Waals surface area contributed by atoms with Gasteiger partial charge in [0.2, 0.25) is 8.32 Å². The molecule has 0 aliphatic rings. The van der Waals surface area contributed by atoms with Gasteiger partial charge in [0, 0.05) is 40.7 Å². The molecule has 5 aromatic rings. The van der Waals surface area contributed by atoms with E-state index in [1.165, 1.54) is 6.07 Å². The van der Waals surface area contributed by atoms with Crippen molar-refractivity contribution in [2.75, 3.05) is 11.6 Å². The fourth-order valence-corrected chi connectivity index (χ4v) is 7.15. The van der Waals surface area contributed by atoms with Gasteiger partial charge in [-0.3, -0.25) is 10.1 Å². The van der Waals surface area contributed by atoms with Gasteiger partial charge < -0.3 is 19.0 Å². The summed E-state index contributed by atoms with van der Waals surface area (Å²) >= 11 is 1.67. The summed E-state index contributed by atoms with van der Waals surface area (Å²) < 4.78 is 16.2. The van der Waals surface area contributed by atoms with Crippen LogP contribution in [0.2, 0.25) is 18.1 Å². The molecule has 0 spiro atoms. The quantitative estimate of drug-likeness (QED) is 0.0973. The van der Waals surface area contributed by atoms with Gasteiger partial charge in [0.15, 0.2) is 0 Å². The number of urea groups is 1. The van der Waals surface area contributed by atoms with Crippen LogP contribution in [0.3, 0.4) is 0 Å². The second-order valence-electron chi connectivity index (χ2n) is 15.9. The SMILES string of the molecule is CSc1ccccc1Cn1c(C)cc(OCc2ccccc2CNC(=O)Nc2cc(C(C)(C)C)nn2-c2cccc(O[Si](C)(C)C(C)(C)C)c2)cc1=O. The largest absolute Gasteiger partial charge is 0.543 e. The minimum Gasteiger partial charge on any atom is -0.543 e. The van der Waals surface area contributed by atoms with Gasteiger partial charge >= 0.3 is 6.03 Å². The summed E-state index contributed by atoms with van der Waals surface area (Å²) in [4.78, 5) is 27.7. The zero-order chi connectivity index (χ0) is 38.6. The summed E-state index contributed by atoms with van der Waals surface area (Å²) in [6, 6.07) is 28.8. The standard InChI is InChI=1S/C42H53N5O4SSi/c1-29-22-35(24-39(48)46(29)27-31-17-13-14-21-36(31)52-8)50-28-32-18-12-11-16-30(32)26-43-40(49)44-38-25-37(41(2,3)4)45-47(38)33-19-15-20-34(23-33)51-53(9,10)42(5,6)7/h11-25H,26-28H2,1-10H3,(H2,43,44,49). The van der Waals surface area contributed by atoms with Crippen molar-refractivity contribution in [3.05, 3.63) is 129 Å². The molecule has 0 fully saturated rings. The average molecular weight is 752 g/mol. The van der Waals surface area contributed by atoms with Crippen molar-refractivity contribution in [1.82, 2.24) is 19.7 Å². The maximum absolute atomic E-state index is 13.4. The molecule has 0 atom stereocenters. The van der Waals surface area contributed by atoms with Gasteiger partial charge in [0.05, 0.1) is 17.9 Å². The van der Waals surface area contributed by atoms with Crippen LogP contribution in [-0.2, 0) is 25.1 Å². The molecule has 9 nitrogen and oxygen atoms in total. The first-order valence-corrected chi connectivity index (χ1v) is 22.1. The molecule has 280 valence electrons. The molecule has 2 aromatic heterocycles. The van der Waals surface area contributed by atoms with E-state index >= 15 is 0 Å². The summed E-state index contributed by atoms with van der Waals surface area (Å²) in [5.74, 6) is 1.84.